The van der Waals surface area contributed by atoms with Gasteiger partial charge in [-0.1, -0.05) is 0 Å². The second-order valence-electron chi connectivity index (χ2n) is 4.15. The van der Waals surface area contributed by atoms with Gasteiger partial charge in [-0.25, -0.2) is 0 Å². The first-order chi connectivity index (χ1) is 8.75. The Hall–Kier alpha value is -2.23. The molecule has 0 bridgehead atoms. The Morgan fingerprint density at radius 1 is 1.17 bits per heavy atom. The van der Waals surface area contributed by atoms with Crippen LogP contribution in [0.25, 0.3) is 0 Å². The lowest BCUT2D eigenvalue weighted by Gasteiger charge is -2.07. The molecule has 0 unspecified atom stereocenters. The smallest absolute Gasteiger partial charge is 0.115 e. The number of anilines is 2. The summed E-state index contributed by atoms with van der Waals surface area (Å²) in [6.45, 7) is 0.860. The topological polar surface area (TPSA) is 71.2 Å². The molecule has 2 aromatic rings. The Balaban J connectivity index is 1.76. The van der Waals surface area contributed by atoms with E-state index in [1.807, 2.05) is 24.4 Å². The molecule has 2 rings (SSSR count). The standard InChI is InChI=1S/C14H17N3O/c15-14-7-9-16-10-11(14)2-1-8-17-12-3-5-13(18)6-4-12/h3-7,9-10,17-18H,1-2,8H2,(H2,15,16). The quantitative estimate of drug-likeness (QED) is 0.557. The lowest BCUT2D eigenvalue weighted by atomic mass is 10.1. The number of nitrogen functional groups attached to an aromatic ring is 1. The number of nitrogens with zero attached hydrogens (tertiary/aromatic N) is 1. The Labute approximate surface area is 106 Å². The minimum absolute atomic E-state index is 0.281. The molecule has 0 spiro atoms. The molecule has 0 radical (unpaired) electrons. The van der Waals surface area contributed by atoms with E-state index in [1.54, 1.807) is 18.3 Å². The van der Waals surface area contributed by atoms with E-state index in [2.05, 4.69) is 10.3 Å². The van der Waals surface area contributed by atoms with E-state index in [0.29, 0.717) is 0 Å². The molecule has 0 saturated heterocycles. The summed E-state index contributed by atoms with van der Waals surface area (Å²) in [7, 11) is 0. The molecule has 1 aromatic carbocycles. The van der Waals surface area contributed by atoms with Crippen LogP contribution in [0, 0.1) is 0 Å². The molecule has 0 aliphatic carbocycles. The van der Waals surface area contributed by atoms with Crippen LogP contribution in [0.2, 0.25) is 0 Å². The number of aromatic nitrogens is 1. The highest BCUT2D eigenvalue weighted by Crippen LogP contribution is 2.14. The molecule has 0 atom stereocenters. The molecule has 0 aliphatic heterocycles. The van der Waals surface area contributed by atoms with Gasteiger partial charge >= 0.3 is 0 Å². The van der Waals surface area contributed by atoms with E-state index in [1.165, 1.54) is 0 Å². The van der Waals surface area contributed by atoms with E-state index in [9.17, 15) is 0 Å². The Bertz CT molecular complexity index is 497. The summed E-state index contributed by atoms with van der Waals surface area (Å²) in [5.74, 6) is 0.281. The third-order valence-corrected chi connectivity index (χ3v) is 2.76. The maximum Gasteiger partial charge on any atom is 0.115 e. The molecular formula is C14H17N3O. The Morgan fingerprint density at radius 3 is 2.67 bits per heavy atom. The summed E-state index contributed by atoms with van der Waals surface area (Å²) in [6.07, 6.45) is 5.41. The average molecular weight is 243 g/mol. The van der Waals surface area contributed by atoms with Gasteiger partial charge in [0.05, 0.1) is 0 Å². The van der Waals surface area contributed by atoms with Crippen LogP contribution in [0.5, 0.6) is 5.75 Å². The third-order valence-electron chi connectivity index (χ3n) is 2.76. The van der Waals surface area contributed by atoms with Crippen molar-refractivity contribution in [1.82, 2.24) is 4.98 Å². The first-order valence-electron chi connectivity index (χ1n) is 5.97. The first kappa shape index (κ1) is 12.2. The lowest BCUT2D eigenvalue weighted by Crippen LogP contribution is -2.04. The summed E-state index contributed by atoms with van der Waals surface area (Å²) in [5, 5.41) is 12.4. The molecule has 4 N–H and O–H groups in total. The summed E-state index contributed by atoms with van der Waals surface area (Å²) in [5.41, 5.74) is 8.74. The second kappa shape index (κ2) is 5.91. The van der Waals surface area contributed by atoms with Crippen LogP contribution in [-0.4, -0.2) is 16.6 Å². The molecular weight excluding hydrogens is 226 g/mol. The Kier molecular flexibility index (Phi) is 4.02. The lowest BCUT2D eigenvalue weighted by molar-refractivity contribution is 0.475. The van der Waals surface area contributed by atoms with Gasteiger partial charge in [0.15, 0.2) is 0 Å². The molecule has 1 heterocycles. The van der Waals surface area contributed by atoms with E-state index in [0.717, 1.165) is 36.3 Å². The molecule has 0 amide bonds. The van der Waals surface area contributed by atoms with Gasteiger partial charge in [-0.15, -0.1) is 0 Å². The van der Waals surface area contributed by atoms with Crippen LogP contribution in [0.4, 0.5) is 11.4 Å². The fourth-order valence-corrected chi connectivity index (χ4v) is 1.74. The van der Waals surface area contributed by atoms with Gasteiger partial charge in [0.2, 0.25) is 0 Å². The van der Waals surface area contributed by atoms with E-state index in [-0.39, 0.29) is 5.75 Å². The van der Waals surface area contributed by atoms with Crippen LogP contribution >= 0.6 is 0 Å². The van der Waals surface area contributed by atoms with Crippen molar-refractivity contribution < 1.29 is 5.11 Å². The predicted octanol–water partition coefficient (Wildman–Crippen LogP) is 2.41. The minimum Gasteiger partial charge on any atom is -0.508 e. The van der Waals surface area contributed by atoms with Gasteiger partial charge in [0, 0.05) is 30.3 Å². The van der Waals surface area contributed by atoms with Gasteiger partial charge in [0.1, 0.15) is 5.75 Å². The van der Waals surface area contributed by atoms with Crippen LogP contribution in [0.3, 0.4) is 0 Å². The maximum absolute atomic E-state index is 9.16. The fourth-order valence-electron chi connectivity index (χ4n) is 1.74. The number of nitrogens with one attached hydrogen (secondary N) is 1. The predicted molar refractivity (Wildman–Crippen MR) is 73.6 cm³/mol. The minimum atomic E-state index is 0.281. The molecule has 4 heteroatoms. The van der Waals surface area contributed by atoms with Crippen LogP contribution < -0.4 is 11.1 Å². The van der Waals surface area contributed by atoms with Crippen molar-refractivity contribution in [3.05, 3.63) is 48.3 Å². The number of phenols is 1. The van der Waals surface area contributed by atoms with Crippen LogP contribution in [-0.2, 0) is 6.42 Å². The van der Waals surface area contributed by atoms with E-state index in [4.69, 9.17) is 10.8 Å². The average Bonchev–Trinajstić information content (AvgIpc) is 2.39. The highest BCUT2D eigenvalue weighted by molar-refractivity contribution is 5.46. The zero-order chi connectivity index (χ0) is 12.8. The molecule has 1 aromatic heterocycles. The number of pyridine rings is 1. The third kappa shape index (κ3) is 3.38. The van der Waals surface area contributed by atoms with Gasteiger partial charge in [-0.05, 0) is 48.7 Å². The normalized spacial score (nSPS) is 10.2. The highest BCUT2D eigenvalue weighted by Gasteiger charge is 1.98. The van der Waals surface area contributed by atoms with Crippen molar-refractivity contribution >= 4 is 11.4 Å². The van der Waals surface area contributed by atoms with E-state index < -0.39 is 0 Å². The first-order valence-corrected chi connectivity index (χ1v) is 5.97. The number of hydrogen-bond donors (Lipinski definition) is 3. The van der Waals surface area contributed by atoms with Crippen molar-refractivity contribution in [2.75, 3.05) is 17.6 Å². The zero-order valence-corrected chi connectivity index (χ0v) is 10.1. The molecule has 0 fully saturated rings. The van der Waals surface area contributed by atoms with Gasteiger partial charge < -0.3 is 16.2 Å². The fraction of sp³-hybridized carbons (Fsp3) is 0.214. The number of nitrogens with two attached hydrogens (primary N) is 1. The summed E-state index contributed by atoms with van der Waals surface area (Å²) in [6, 6.07) is 8.87. The summed E-state index contributed by atoms with van der Waals surface area (Å²) in [4.78, 5) is 4.06. The van der Waals surface area contributed by atoms with Crippen molar-refractivity contribution in [1.29, 1.82) is 0 Å². The van der Waals surface area contributed by atoms with Crippen molar-refractivity contribution in [2.24, 2.45) is 0 Å². The SMILES string of the molecule is Nc1ccncc1CCCNc1ccc(O)cc1. The molecule has 94 valence electrons. The van der Waals surface area contributed by atoms with Crippen LogP contribution in [0.1, 0.15) is 12.0 Å². The van der Waals surface area contributed by atoms with Gasteiger partial charge in [0.25, 0.3) is 0 Å². The van der Waals surface area contributed by atoms with E-state index >= 15 is 0 Å². The van der Waals surface area contributed by atoms with Gasteiger partial charge in [-0.2, -0.15) is 0 Å². The van der Waals surface area contributed by atoms with Crippen LogP contribution in [0.15, 0.2) is 42.7 Å². The number of aryl methyl sites for hydroxylation is 1. The largest absolute Gasteiger partial charge is 0.508 e. The zero-order valence-electron chi connectivity index (χ0n) is 10.1. The van der Waals surface area contributed by atoms with Gasteiger partial charge in [-0.3, -0.25) is 4.98 Å². The molecule has 4 nitrogen and oxygen atoms in total. The number of benzene rings is 1. The second-order valence-corrected chi connectivity index (χ2v) is 4.15. The van der Waals surface area contributed by atoms with Crippen molar-refractivity contribution in [2.45, 2.75) is 12.8 Å². The molecule has 0 saturated carbocycles. The number of phenolic OH excluding ortho intramolecular Hbond substituents is 1. The van der Waals surface area contributed by atoms with Crippen molar-refractivity contribution in [3.63, 3.8) is 0 Å². The number of aromatic hydroxyl groups is 1. The molecule has 0 aliphatic rings. The Morgan fingerprint density at radius 2 is 1.94 bits per heavy atom. The summed E-state index contributed by atoms with van der Waals surface area (Å²) >= 11 is 0. The number of rotatable bonds is 5. The monoisotopic (exact) mass is 243 g/mol. The van der Waals surface area contributed by atoms with Crippen molar-refractivity contribution in [3.8, 4) is 5.75 Å². The summed E-state index contributed by atoms with van der Waals surface area (Å²) < 4.78 is 0. The maximum atomic E-state index is 9.16. The molecule has 18 heavy (non-hydrogen) atoms. The number of hydrogen-bond acceptors (Lipinski definition) is 4. The highest BCUT2D eigenvalue weighted by atomic mass is 16.3.